The van der Waals surface area contributed by atoms with Crippen molar-refractivity contribution < 1.29 is 0 Å². The van der Waals surface area contributed by atoms with E-state index >= 15 is 0 Å². The van der Waals surface area contributed by atoms with Gasteiger partial charge >= 0.3 is 0 Å². The molecule has 2 heterocycles. The number of nitrogen functional groups attached to an aromatic ring is 1. The molecule has 0 fully saturated rings. The molecule has 3 aromatic rings. The lowest BCUT2D eigenvalue weighted by Gasteiger charge is -2.17. The molecule has 116 valence electrons. The summed E-state index contributed by atoms with van der Waals surface area (Å²) in [4.78, 5) is 9.10. The van der Waals surface area contributed by atoms with Crippen molar-refractivity contribution in [2.45, 2.75) is 47.0 Å². The fraction of sp³-hybridized carbons (Fsp3) is 0.444. The molecule has 4 heteroatoms. The number of nitrogens with zero attached hydrogens (tertiary/aromatic N) is 3. The Morgan fingerprint density at radius 2 is 1.73 bits per heavy atom. The first-order valence-corrected chi connectivity index (χ1v) is 7.92. The second-order valence-electron chi connectivity index (χ2n) is 6.81. The summed E-state index contributed by atoms with van der Waals surface area (Å²) in [6.45, 7) is 11.0. The summed E-state index contributed by atoms with van der Waals surface area (Å²) in [5, 5.41) is 0. The summed E-state index contributed by atoms with van der Waals surface area (Å²) in [7, 11) is 0. The standard InChI is InChI=1S/C18H24N4/c1-10(2)6-13(5)15-9-17(19)21-18-20-14-7-11(3)12(4)8-16(14)22(15)18/h7-10,13H,6H2,1-5H3,(H2,19,20,21). The molecular formula is C18H24N4. The van der Waals surface area contributed by atoms with E-state index in [1.165, 1.54) is 16.8 Å². The molecular weight excluding hydrogens is 272 g/mol. The summed E-state index contributed by atoms with van der Waals surface area (Å²) in [6, 6.07) is 6.33. The number of hydrogen-bond acceptors (Lipinski definition) is 3. The fourth-order valence-electron chi connectivity index (χ4n) is 3.20. The second-order valence-corrected chi connectivity index (χ2v) is 6.81. The molecule has 0 saturated heterocycles. The maximum absolute atomic E-state index is 6.01. The van der Waals surface area contributed by atoms with Gasteiger partial charge in [-0.15, -0.1) is 0 Å². The SMILES string of the molecule is Cc1cc2nc3nc(N)cc(C(C)CC(C)C)n3c2cc1C. The molecule has 2 N–H and O–H groups in total. The number of rotatable bonds is 3. The average molecular weight is 296 g/mol. The average Bonchev–Trinajstić information content (AvgIpc) is 2.74. The minimum absolute atomic E-state index is 0.409. The summed E-state index contributed by atoms with van der Waals surface area (Å²) in [5.41, 5.74) is 11.8. The van der Waals surface area contributed by atoms with Gasteiger partial charge in [-0.3, -0.25) is 4.40 Å². The second kappa shape index (κ2) is 5.27. The highest BCUT2D eigenvalue weighted by Crippen LogP contribution is 2.29. The first-order valence-electron chi connectivity index (χ1n) is 7.92. The zero-order chi connectivity index (χ0) is 16.0. The van der Waals surface area contributed by atoms with Crippen molar-refractivity contribution in [3.8, 4) is 0 Å². The number of anilines is 1. The van der Waals surface area contributed by atoms with Crippen LogP contribution in [0.2, 0.25) is 0 Å². The lowest BCUT2D eigenvalue weighted by molar-refractivity contribution is 0.514. The first kappa shape index (κ1) is 14.8. The Morgan fingerprint density at radius 1 is 1.05 bits per heavy atom. The van der Waals surface area contributed by atoms with Gasteiger partial charge in [-0.05, 0) is 55.4 Å². The van der Waals surface area contributed by atoms with Crippen LogP contribution in [-0.4, -0.2) is 14.4 Å². The summed E-state index contributed by atoms with van der Waals surface area (Å²) < 4.78 is 2.17. The number of hydrogen-bond donors (Lipinski definition) is 1. The van der Waals surface area contributed by atoms with E-state index in [1.54, 1.807) is 0 Å². The smallest absolute Gasteiger partial charge is 0.237 e. The Morgan fingerprint density at radius 3 is 2.41 bits per heavy atom. The van der Waals surface area contributed by atoms with Crippen LogP contribution in [0.1, 0.15) is 49.9 Å². The van der Waals surface area contributed by atoms with Gasteiger partial charge in [-0.25, -0.2) is 4.98 Å². The van der Waals surface area contributed by atoms with Gasteiger partial charge in [0, 0.05) is 11.8 Å². The van der Waals surface area contributed by atoms with Gasteiger partial charge in [0.1, 0.15) is 5.82 Å². The summed E-state index contributed by atoms with van der Waals surface area (Å²) >= 11 is 0. The number of aromatic nitrogens is 3. The Labute approximate surface area is 131 Å². The Bertz CT molecular complexity index is 845. The molecule has 0 amide bonds. The van der Waals surface area contributed by atoms with Gasteiger partial charge in [0.25, 0.3) is 0 Å². The lowest BCUT2D eigenvalue weighted by Crippen LogP contribution is -2.08. The molecule has 0 spiro atoms. The van der Waals surface area contributed by atoms with E-state index in [9.17, 15) is 0 Å². The maximum atomic E-state index is 6.01. The minimum Gasteiger partial charge on any atom is -0.384 e. The molecule has 0 aliphatic rings. The third-order valence-electron chi connectivity index (χ3n) is 4.37. The highest BCUT2D eigenvalue weighted by molar-refractivity contribution is 5.82. The molecule has 1 aromatic carbocycles. The van der Waals surface area contributed by atoms with E-state index in [2.05, 4.69) is 61.1 Å². The number of fused-ring (bicyclic) bond motifs is 3. The van der Waals surface area contributed by atoms with Crippen LogP contribution in [0.4, 0.5) is 5.82 Å². The van der Waals surface area contributed by atoms with Gasteiger partial charge in [0.05, 0.1) is 11.0 Å². The van der Waals surface area contributed by atoms with Crippen molar-refractivity contribution in [2.75, 3.05) is 5.73 Å². The van der Waals surface area contributed by atoms with Crippen LogP contribution in [-0.2, 0) is 0 Å². The number of nitrogens with two attached hydrogens (primary N) is 1. The fourth-order valence-corrected chi connectivity index (χ4v) is 3.20. The van der Waals surface area contributed by atoms with Gasteiger partial charge < -0.3 is 5.73 Å². The molecule has 0 aliphatic carbocycles. The van der Waals surface area contributed by atoms with Crippen LogP contribution < -0.4 is 5.73 Å². The van der Waals surface area contributed by atoms with Crippen molar-refractivity contribution in [1.82, 2.24) is 14.4 Å². The van der Waals surface area contributed by atoms with E-state index in [4.69, 9.17) is 5.73 Å². The van der Waals surface area contributed by atoms with Crippen LogP contribution in [0, 0.1) is 19.8 Å². The molecule has 0 bridgehead atoms. The number of aryl methyl sites for hydroxylation is 2. The predicted octanol–water partition coefficient (Wildman–Crippen LogP) is 4.23. The van der Waals surface area contributed by atoms with Crippen molar-refractivity contribution in [3.05, 3.63) is 35.0 Å². The molecule has 1 unspecified atom stereocenters. The highest BCUT2D eigenvalue weighted by atomic mass is 15.1. The van der Waals surface area contributed by atoms with Crippen LogP contribution in [0.15, 0.2) is 18.2 Å². The molecule has 4 nitrogen and oxygen atoms in total. The van der Waals surface area contributed by atoms with E-state index in [-0.39, 0.29) is 0 Å². The quantitative estimate of drug-likeness (QED) is 0.787. The zero-order valence-corrected chi connectivity index (χ0v) is 14.0. The van der Waals surface area contributed by atoms with Crippen molar-refractivity contribution in [2.24, 2.45) is 5.92 Å². The van der Waals surface area contributed by atoms with Gasteiger partial charge in [0.15, 0.2) is 0 Å². The Kier molecular flexibility index (Phi) is 3.55. The Hall–Kier alpha value is -2.10. The number of imidazole rings is 1. The van der Waals surface area contributed by atoms with E-state index in [0.717, 1.165) is 17.5 Å². The van der Waals surface area contributed by atoms with Crippen molar-refractivity contribution in [3.63, 3.8) is 0 Å². The molecule has 0 saturated carbocycles. The number of benzene rings is 1. The van der Waals surface area contributed by atoms with Crippen LogP contribution in [0.3, 0.4) is 0 Å². The largest absolute Gasteiger partial charge is 0.384 e. The topological polar surface area (TPSA) is 56.2 Å². The molecule has 22 heavy (non-hydrogen) atoms. The summed E-state index contributed by atoms with van der Waals surface area (Å²) in [6.07, 6.45) is 1.11. The van der Waals surface area contributed by atoms with E-state index < -0.39 is 0 Å². The normalized spacial score (nSPS) is 13.4. The maximum Gasteiger partial charge on any atom is 0.237 e. The Balaban J connectivity index is 2.33. The van der Waals surface area contributed by atoms with Crippen molar-refractivity contribution in [1.29, 1.82) is 0 Å². The molecule has 2 aromatic heterocycles. The van der Waals surface area contributed by atoms with Crippen LogP contribution >= 0.6 is 0 Å². The van der Waals surface area contributed by atoms with E-state index in [0.29, 0.717) is 23.4 Å². The third-order valence-corrected chi connectivity index (χ3v) is 4.37. The highest BCUT2D eigenvalue weighted by Gasteiger charge is 2.17. The molecule has 0 radical (unpaired) electrons. The first-order chi connectivity index (χ1) is 10.4. The lowest BCUT2D eigenvalue weighted by atomic mass is 9.95. The zero-order valence-electron chi connectivity index (χ0n) is 14.0. The van der Waals surface area contributed by atoms with Crippen LogP contribution in [0.25, 0.3) is 16.8 Å². The summed E-state index contributed by atoms with van der Waals surface area (Å²) in [5.74, 6) is 2.29. The van der Waals surface area contributed by atoms with Gasteiger partial charge in [-0.1, -0.05) is 20.8 Å². The van der Waals surface area contributed by atoms with Crippen molar-refractivity contribution >= 4 is 22.6 Å². The van der Waals surface area contributed by atoms with Gasteiger partial charge in [0.2, 0.25) is 5.78 Å². The minimum atomic E-state index is 0.409. The molecule has 1 atom stereocenters. The monoisotopic (exact) mass is 296 g/mol. The van der Waals surface area contributed by atoms with Gasteiger partial charge in [-0.2, -0.15) is 4.98 Å². The molecule has 0 aliphatic heterocycles. The molecule has 3 rings (SSSR count). The third kappa shape index (κ3) is 2.43. The predicted molar refractivity (Wildman–Crippen MR) is 92.2 cm³/mol. The van der Waals surface area contributed by atoms with E-state index in [1.807, 2.05) is 6.07 Å². The van der Waals surface area contributed by atoms with Crippen LogP contribution in [0.5, 0.6) is 0 Å².